The minimum atomic E-state index is 0.606. The van der Waals surface area contributed by atoms with E-state index < -0.39 is 0 Å². The Labute approximate surface area is 136 Å². The van der Waals surface area contributed by atoms with Crippen molar-refractivity contribution < 1.29 is 14.2 Å². The van der Waals surface area contributed by atoms with Crippen molar-refractivity contribution in [3.8, 4) is 16.7 Å². The number of hydrogen-bond donors (Lipinski definition) is 0. The van der Waals surface area contributed by atoms with Crippen LogP contribution in [0.4, 0.5) is 0 Å². The molecule has 0 spiro atoms. The molecule has 2 heterocycles. The number of rotatable bonds is 4. The Kier molecular flexibility index (Phi) is 3.23. The molecule has 6 nitrogen and oxygen atoms in total. The van der Waals surface area contributed by atoms with Crippen LogP contribution in [0.3, 0.4) is 0 Å². The Balaban J connectivity index is 1.73. The van der Waals surface area contributed by atoms with Gasteiger partial charge in [-0.2, -0.15) is 0 Å². The zero-order valence-corrected chi connectivity index (χ0v) is 13.8. The summed E-state index contributed by atoms with van der Waals surface area (Å²) in [5.74, 6) is 1.61. The van der Waals surface area contributed by atoms with Gasteiger partial charge in [0.2, 0.25) is 4.96 Å². The molecule has 0 saturated carbocycles. The van der Waals surface area contributed by atoms with E-state index in [9.17, 15) is 0 Å². The summed E-state index contributed by atoms with van der Waals surface area (Å²) in [6.45, 7) is 0. The normalized spacial score (nSPS) is 13.1. The number of allylic oxidation sites excluding steroid dienone is 1. The molecule has 2 aromatic heterocycles. The molecular formula is C16H15N3O3S. The number of imidazole rings is 1. The summed E-state index contributed by atoms with van der Waals surface area (Å²) < 4.78 is 17.7. The highest BCUT2D eigenvalue weighted by atomic mass is 32.1. The lowest BCUT2D eigenvalue weighted by Crippen LogP contribution is -1.93. The lowest BCUT2D eigenvalue weighted by atomic mass is 10.1. The van der Waals surface area contributed by atoms with E-state index in [0.29, 0.717) is 5.19 Å². The molecule has 0 radical (unpaired) electrons. The molecule has 1 aliphatic rings. The van der Waals surface area contributed by atoms with Gasteiger partial charge in [-0.25, -0.2) is 9.50 Å². The van der Waals surface area contributed by atoms with Crippen LogP contribution in [0.5, 0.6) is 16.7 Å². The molecule has 1 aromatic carbocycles. The van der Waals surface area contributed by atoms with E-state index in [1.807, 2.05) is 18.3 Å². The molecule has 118 valence electrons. The van der Waals surface area contributed by atoms with Gasteiger partial charge in [0.15, 0.2) is 0 Å². The minimum absolute atomic E-state index is 0.606. The molecule has 0 fully saturated rings. The maximum absolute atomic E-state index is 5.48. The van der Waals surface area contributed by atoms with E-state index in [0.717, 1.165) is 39.7 Å². The monoisotopic (exact) mass is 329 g/mol. The third kappa shape index (κ3) is 2.24. The second-order valence-electron chi connectivity index (χ2n) is 5.17. The largest absolute Gasteiger partial charge is 0.497 e. The highest BCUT2D eigenvalue weighted by Crippen LogP contribution is 2.39. The first-order valence-electron chi connectivity index (χ1n) is 7.08. The predicted molar refractivity (Wildman–Crippen MR) is 88.5 cm³/mol. The molecule has 0 amide bonds. The second kappa shape index (κ2) is 5.27. The summed E-state index contributed by atoms with van der Waals surface area (Å²) >= 11 is 1.42. The lowest BCUT2D eigenvalue weighted by Gasteiger charge is -2.09. The summed E-state index contributed by atoms with van der Waals surface area (Å²) in [6.07, 6.45) is 4.85. The quantitative estimate of drug-likeness (QED) is 0.736. The molecule has 23 heavy (non-hydrogen) atoms. The highest BCUT2D eigenvalue weighted by Gasteiger charge is 2.21. The zero-order valence-electron chi connectivity index (χ0n) is 13.0. The van der Waals surface area contributed by atoms with Gasteiger partial charge in [0.05, 0.1) is 33.2 Å². The second-order valence-corrected chi connectivity index (χ2v) is 6.09. The van der Waals surface area contributed by atoms with Crippen LogP contribution in [0.1, 0.15) is 16.8 Å². The van der Waals surface area contributed by atoms with Crippen LogP contribution < -0.4 is 14.2 Å². The summed E-state index contributed by atoms with van der Waals surface area (Å²) in [5.41, 5.74) is 4.33. The van der Waals surface area contributed by atoms with Crippen molar-refractivity contribution in [2.24, 2.45) is 0 Å². The van der Waals surface area contributed by atoms with Crippen molar-refractivity contribution in [1.82, 2.24) is 14.6 Å². The number of benzene rings is 1. The van der Waals surface area contributed by atoms with E-state index in [1.165, 1.54) is 16.9 Å². The van der Waals surface area contributed by atoms with Gasteiger partial charge in [-0.3, -0.25) is 0 Å². The molecule has 0 aliphatic heterocycles. The van der Waals surface area contributed by atoms with Gasteiger partial charge in [0.25, 0.3) is 5.19 Å². The molecule has 4 rings (SSSR count). The fourth-order valence-electron chi connectivity index (χ4n) is 2.77. The number of aromatic nitrogens is 3. The Morgan fingerprint density at radius 1 is 1.13 bits per heavy atom. The standard InChI is InChI=1S/C16H15N3O3S/c1-20-11-5-9-4-10(6-12(9)14(7-11)21-2)13-8-19-15(17-13)23-16(18-19)22-3/h5-8H,4H2,1-3H3. The molecule has 0 unspecified atom stereocenters. The van der Waals surface area contributed by atoms with Gasteiger partial charge in [0, 0.05) is 18.1 Å². The number of methoxy groups -OCH3 is 3. The number of ether oxygens (including phenoxy) is 3. The predicted octanol–water partition coefficient (Wildman–Crippen LogP) is 2.91. The summed E-state index contributed by atoms with van der Waals surface area (Å²) in [4.78, 5) is 5.46. The molecule has 0 atom stereocenters. The summed E-state index contributed by atoms with van der Waals surface area (Å²) in [6, 6.07) is 3.94. The third-order valence-corrected chi connectivity index (χ3v) is 4.77. The Bertz CT molecular complexity index is 895. The van der Waals surface area contributed by atoms with Gasteiger partial charge in [0.1, 0.15) is 11.5 Å². The van der Waals surface area contributed by atoms with Crippen molar-refractivity contribution >= 4 is 27.9 Å². The number of hydrogen-bond acceptors (Lipinski definition) is 6. The van der Waals surface area contributed by atoms with Crippen LogP contribution >= 0.6 is 11.3 Å². The van der Waals surface area contributed by atoms with Gasteiger partial charge in [-0.05, 0) is 34.6 Å². The summed E-state index contributed by atoms with van der Waals surface area (Å²) in [7, 11) is 4.94. The fourth-order valence-corrected chi connectivity index (χ4v) is 3.47. The molecule has 0 bridgehead atoms. The van der Waals surface area contributed by atoms with Gasteiger partial charge in [-0.15, -0.1) is 5.10 Å². The van der Waals surface area contributed by atoms with Crippen molar-refractivity contribution in [2.75, 3.05) is 21.3 Å². The maximum atomic E-state index is 5.48. The average Bonchev–Trinajstić information content (AvgIpc) is 3.24. The van der Waals surface area contributed by atoms with Gasteiger partial charge < -0.3 is 14.2 Å². The van der Waals surface area contributed by atoms with E-state index in [4.69, 9.17) is 14.2 Å². The van der Waals surface area contributed by atoms with Crippen molar-refractivity contribution in [2.45, 2.75) is 6.42 Å². The van der Waals surface area contributed by atoms with Crippen LogP contribution in [-0.4, -0.2) is 35.9 Å². The van der Waals surface area contributed by atoms with Crippen LogP contribution in [0, 0.1) is 0 Å². The van der Waals surface area contributed by atoms with E-state index in [1.54, 1.807) is 25.8 Å². The molecule has 0 N–H and O–H groups in total. The van der Waals surface area contributed by atoms with Gasteiger partial charge >= 0.3 is 0 Å². The average molecular weight is 329 g/mol. The van der Waals surface area contributed by atoms with E-state index in [-0.39, 0.29) is 0 Å². The first-order chi connectivity index (χ1) is 11.2. The lowest BCUT2D eigenvalue weighted by molar-refractivity contribution is 0.393. The molecule has 1 aliphatic carbocycles. The maximum Gasteiger partial charge on any atom is 0.294 e. The first kappa shape index (κ1) is 14.1. The summed E-state index contributed by atoms with van der Waals surface area (Å²) in [5, 5.41) is 4.92. The van der Waals surface area contributed by atoms with Crippen molar-refractivity contribution in [3.05, 3.63) is 35.2 Å². The van der Waals surface area contributed by atoms with E-state index in [2.05, 4.69) is 16.2 Å². The molecule has 7 heteroatoms. The fraction of sp³-hybridized carbons (Fsp3) is 0.250. The minimum Gasteiger partial charge on any atom is -0.497 e. The van der Waals surface area contributed by atoms with Crippen LogP contribution in [0.25, 0.3) is 16.6 Å². The van der Waals surface area contributed by atoms with Crippen LogP contribution in [-0.2, 0) is 6.42 Å². The molecular weight excluding hydrogens is 314 g/mol. The number of nitrogens with zero attached hydrogens (tertiary/aromatic N) is 3. The SMILES string of the molecule is COc1cc2c(c(OC)c1)C=C(c1cn3nc(OC)sc3n1)C2. The molecule has 3 aromatic rings. The van der Waals surface area contributed by atoms with E-state index >= 15 is 0 Å². The van der Waals surface area contributed by atoms with Crippen LogP contribution in [0.15, 0.2) is 18.3 Å². The van der Waals surface area contributed by atoms with Gasteiger partial charge in [-0.1, -0.05) is 0 Å². The molecule has 0 saturated heterocycles. The van der Waals surface area contributed by atoms with Crippen LogP contribution in [0.2, 0.25) is 0 Å². The smallest absolute Gasteiger partial charge is 0.294 e. The third-order valence-electron chi connectivity index (χ3n) is 3.88. The Morgan fingerprint density at radius 3 is 2.70 bits per heavy atom. The first-order valence-corrected chi connectivity index (χ1v) is 7.89. The topological polar surface area (TPSA) is 57.9 Å². The highest BCUT2D eigenvalue weighted by molar-refractivity contribution is 7.18. The van der Waals surface area contributed by atoms with Crippen molar-refractivity contribution in [3.63, 3.8) is 0 Å². The number of fused-ring (bicyclic) bond motifs is 2. The zero-order chi connectivity index (χ0) is 16.0. The Morgan fingerprint density at radius 2 is 2.00 bits per heavy atom. The Hall–Kier alpha value is -2.54. The van der Waals surface area contributed by atoms with Crippen molar-refractivity contribution in [1.29, 1.82) is 0 Å².